The summed E-state index contributed by atoms with van der Waals surface area (Å²) in [6, 6.07) is 56.3. The van der Waals surface area contributed by atoms with Gasteiger partial charge in [0.1, 0.15) is 0 Å². The number of rotatable bonds is 9. The van der Waals surface area contributed by atoms with Crippen LogP contribution in [-0.4, -0.2) is 0 Å². The van der Waals surface area contributed by atoms with Gasteiger partial charge >= 0.3 is 0 Å². The Morgan fingerprint density at radius 3 is 0.725 bits per heavy atom. The fraction of sp³-hybridized carbons (Fsp3) is 0. The fourth-order valence-corrected chi connectivity index (χ4v) is 4.59. The lowest BCUT2D eigenvalue weighted by Crippen LogP contribution is -2.10. The molecule has 194 valence electrons. The number of nitrogens with zero attached hydrogens (tertiary/aromatic N) is 1. The summed E-state index contributed by atoms with van der Waals surface area (Å²) in [5, 5.41) is 10.4. The van der Waals surface area contributed by atoms with Crippen LogP contribution in [0, 0.1) is 0 Å². The zero-order valence-corrected chi connectivity index (χ0v) is 22.0. The summed E-state index contributed by atoms with van der Waals surface area (Å²) >= 11 is 0. The molecular formula is C36H30N4. The summed E-state index contributed by atoms with van der Waals surface area (Å²) in [5.41, 5.74) is 9.54. The molecule has 0 saturated carbocycles. The van der Waals surface area contributed by atoms with E-state index in [1.807, 2.05) is 54.6 Å². The highest BCUT2D eigenvalue weighted by molar-refractivity contribution is 5.80. The Balaban J connectivity index is 1.28. The predicted octanol–water partition coefficient (Wildman–Crippen LogP) is 10.4. The number of para-hydroxylation sites is 3. The molecular weight excluding hydrogens is 488 g/mol. The Bertz CT molecular complexity index is 1410. The van der Waals surface area contributed by atoms with Crippen molar-refractivity contribution >= 4 is 51.2 Å². The largest absolute Gasteiger partial charge is 0.356 e. The third kappa shape index (κ3) is 6.14. The first-order valence-corrected chi connectivity index (χ1v) is 13.4. The van der Waals surface area contributed by atoms with Crippen molar-refractivity contribution in [2.75, 3.05) is 20.9 Å². The van der Waals surface area contributed by atoms with E-state index in [0.29, 0.717) is 0 Å². The van der Waals surface area contributed by atoms with E-state index in [-0.39, 0.29) is 0 Å². The van der Waals surface area contributed by atoms with Crippen molar-refractivity contribution < 1.29 is 0 Å². The molecule has 0 radical (unpaired) electrons. The summed E-state index contributed by atoms with van der Waals surface area (Å²) in [7, 11) is 0. The van der Waals surface area contributed by atoms with E-state index >= 15 is 0 Å². The smallest absolute Gasteiger partial charge is 0.0463 e. The third-order valence-electron chi connectivity index (χ3n) is 6.56. The van der Waals surface area contributed by atoms with E-state index < -0.39 is 0 Å². The first-order chi connectivity index (χ1) is 19.8. The van der Waals surface area contributed by atoms with Crippen LogP contribution in [0.5, 0.6) is 0 Å². The first-order valence-electron chi connectivity index (χ1n) is 13.4. The maximum Gasteiger partial charge on any atom is 0.0463 e. The minimum absolute atomic E-state index is 1.04. The highest BCUT2D eigenvalue weighted by Gasteiger charge is 2.13. The van der Waals surface area contributed by atoms with E-state index in [1.54, 1.807) is 0 Å². The summed E-state index contributed by atoms with van der Waals surface area (Å²) in [5.74, 6) is 0. The Morgan fingerprint density at radius 2 is 0.475 bits per heavy atom. The molecule has 4 heteroatoms. The molecule has 0 spiro atoms. The van der Waals surface area contributed by atoms with Gasteiger partial charge in [-0.1, -0.05) is 54.6 Å². The average molecular weight is 519 g/mol. The lowest BCUT2D eigenvalue weighted by Gasteiger charge is -2.26. The fourth-order valence-electron chi connectivity index (χ4n) is 4.59. The van der Waals surface area contributed by atoms with Gasteiger partial charge in [-0.3, -0.25) is 0 Å². The number of hydrogen-bond acceptors (Lipinski definition) is 4. The second-order valence-electron chi connectivity index (χ2n) is 9.45. The average Bonchev–Trinajstić information content (AvgIpc) is 3.01. The van der Waals surface area contributed by atoms with Gasteiger partial charge in [0.05, 0.1) is 0 Å². The molecule has 0 aliphatic rings. The predicted molar refractivity (Wildman–Crippen MR) is 170 cm³/mol. The normalized spacial score (nSPS) is 10.5. The van der Waals surface area contributed by atoms with E-state index in [1.165, 1.54) is 0 Å². The molecule has 0 aliphatic carbocycles. The summed E-state index contributed by atoms with van der Waals surface area (Å²) in [4.78, 5) is 2.27. The van der Waals surface area contributed by atoms with Crippen LogP contribution in [0.25, 0.3) is 0 Å². The summed E-state index contributed by atoms with van der Waals surface area (Å²) in [6.45, 7) is 0. The molecule has 6 aromatic rings. The highest BCUT2D eigenvalue weighted by Crippen LogP contribution is 2.37. The maximum atomic E-state index is 3.48. The van der Waals surface area contributed by atoms with Crippen molar-refractivity contribution in [2.45, 2.75) is 0 Å². The van der Waals surface area contributed by atoms with Crippen molar-refractivity contribution in [3.05, 3.63) is 164 Å². The molecule has 6 rings (SSSR count). The Labute approximate surface area is 235 Å². The van der Waals surface area contributed by atoms with E-state index in [9.17, 15) is 0 Å². The summed E-state index contributed by atoms with van der Waals surface area (Å²) in [6.07, 6.45) is 0. The van der Waals surface area contributed by atoms with Gasteiger partial charge in [0.2, 0.25) is 0 Å². The van der Waals surface area contributed by atoms with Gasteiger partial charge in [-0.2, -0.15) is 0 Å². The van der Waals surface area contributed by atoms with Gasteiger partial charge in [0.15, 0.2) is 0 Å². The van der Waals surface area contributed by atoms with Gasteiger partial charge in [-0.25, -0.2) is 0 Å². The molecule has 4 nitrogen and oxygen atoms in total. The van der Waals surface area contributed by atoms with E-state index in [4.69, 9.17) is 0 Å². The van der Waals surface area contributed by atoms with E-state index in [0.717, 1.165) is 51.2 Å². The number of anilines is 9. The van der Waals surface area contributed by atoms with Gasteiger partial charge in [-0.05, 0) is 109 Å². The molecule has 0 aliphatic heterocycles. The minimum atomic E-state index is 1.04. The Hall–Kier alpha value is -5.48. The highest BCUT2D eigenvalue weighted by atomic mass is 15.1. The Kier molecular flexibility index (Phi) is 7.40. The molecule has 0 fully saturated rings. The Morgan fingerprint density at radius 1 is 0.250 bits per heavy atom. The van der Waals surface area contributed by atoms with Gasteiger partial charge in [0, 0.05) is 51.2 Å². The van der Waals surface area contributed by atoms with Crippen LogP contribution in [-0.2, 0) is 0 Å². The molecule has 0 aromatic heterocycles. The topological polar surface area (TPSA) is 39.3 Å². The summed E-state index contributed by atoms with van der Waals surface area (Å²) < 4.78 is 0. The van der Waals surface area contributed by atoms with Crippen LogP contribution in [0.2, 0.25) is 0 Å². The molecule has 0 atom stereocenters. The third-order valence-corrected chi connectivity index (χ3v) is 6.56. The molecule has 0 saturated heterocycles. The monoisotopic (exact) mass is 518 g/mol. The molecule has 6 aromatic carbocycles. The molecule has 0 bridgehead atoms. The second kappa shape index (κ2) is 11.9. The van der Waals surface area contributed by atoms with Crippen molar-refractivity contribution in [3.8, 4) is 0 Å². The second-order valence-corrected chi connectivity index (χ2v) is 9.45. The van der Waals surface area contributed by atoms with Crippen molar-refractivity contribution in [1.29, 1.82) is 0 Å². The molecule has 40 heavy (non-hydrogen) atoms. The van der Waals surface area contributed by atoms with Gasteiger partial charge in [0.25, 0.3) is 0 Å². The van der Waals surface area contributed by atoms with Crippen LogP contribution in [0.3, 0.4) is 0 Å². The zero-order valence-electron chi connectivity index (χ0n) is 22.0. The van der Waals surface area contributed by atoms with Crippen LogP contribution in [0.15, 0.2) is 164 Å². The van der Waals surface area contributed by atoms with Crippen molar-refractivity contribution in [2.24, 2.45) is 0 Å². The van der Waals surface area contributed by atoms with Crippen LogP contribution in [0.4, 0.5) is 51.2 Å². The van der Waals surface area contributed by atoms with Crippen LogP contribution in [0.1, 0.15) is 0 Å². The number of benzene rings is 6. The quantitative estimate of drug-likeness (QED) is 0.178. The SMILES string of the molecule is c1ccc(Nc2ccc(N(c3ccc(Nc4ccccc4)cc3)c3ccc(Nc4ccccc4)cc3)cc2)cc1. The minimum Gasteiger partial charge on any atom is -0.356 e. The molecule has 0 unspecified atom stereocenters. The number of hydrogen-bond donors (Lipinski definition) is 3. The van der Waals surface area contributed by atoms with Gasteiger partial charge in [-0.15, -0.1) is 0 Å². The lowest BCUT2D eigenvalue weighted by atomic mass is 10.1. The van der Waals surface area contributed by atoms with Crippen LogP contribution >= 0.6 is 0 Å². The lowest BCUT2D eigenvalue weighted by molar-refractivity contribution is 1.28. The molecule has 3 N–H and O–H groups in total. The molecule has 0 amide bonds. The zero-order chi connectivity index (χ0) is 27.0. The van der Waals surface area contributed by atoms with Crippen molar-refractivity contribution in [3.63, 3.8) is 0 Å². The standard InChI is InChI=1S/C36H30N4/c1-4-10-28(11-5-1)37-31-16-22-34(23-17-31)40(35-24-18-32(19-25-35)38-29-12-6-2-7-13-29)36-26-20-33(21-27-36)39-30-14-8-3-9-15-30/h1-27,37-39H. The maximum absolute atomic E-state index is 3.48. The molecule has 0 heterocycles. The van der Waals surface area contributed by atoms with Gasteiger partial charge < -0.3 is 20.9 Å². The number of nitrogens with one attached hydrogen (secondary N) is 3. The van der Waals surface area contributed by atoms with Crippen LogP contribution < -0.4 is 20.9 Å². The van der Waals surface area contributed by atoms with E-state index in [2.05, 4.69) is 130 Å². The first kappa shape index (κ1) is 24.8. The van der Waals surface area contributed by atoms with Crippen molar-refractivity contribution in [1.82, 2.24) is 0 Å².